The van der Waals surface area contributed by atoms with Crippen LogP contribution in [0.4, 0.5) is 11.4 Å². The summed E-state index contributed by atoms with van der Waals surface area (Å²) in [4.78, 5) is 45.3. The van der Waals surface area contributed by atoms with E-state index in [-0.39, 0.29) is 5.56 Å². The lowest BCUT2D eigenvalue weighted by atomic mass is 9.90. The third-order valence-electron chi connectivity index (χ3n) is 6.23. The molecule has 2 saturated heterocycles. The number of fused-ring (bicyclic) bond motifs is 1. The third kappa shape index (κ3) is 3.48. The van der Waals surface area contributed by atoms with Gasteiger partial charge in [-0.15, -0.1) is 0 Å². The van der Waals surface area contributed by atoms with E-state index in [1.54, 1.807) is 24.3 Å². The number of benzene rings is 3. The number of carboxylic acids is 1. The number of methoxy groups -OCH3 is 1. The number of hydroxylamine groups is 1. The van der Waals surface area contributed by atoms with E-state index in [9.17, 15) is 14.4 Å². The molecule has 1 N–H and O–H groups in total. The Kier molecular flexibility index (Phi) is 5.30. The van der Waals surface area contributed by atoms with Gasteiger partial charge in [0, 0.05) is 0 Å². The Balaban J connectivity index is 1.54. The normalized spacial score (nSPS) is 21.6. The second-order valence-electron chi connectivity index (χ2n) is 8.30. The summed E-state index contributed by atoms with van der Waals surface area (Å²) in [5.41, 5.74) is 3.00. The van der Waals surface area contributed by atoms with Crippen molar-refractivity contribution in [3.05, 3.63) is 89.5 Å². The number of carboxylic acid groups (broad SMARTS) is 1. The van der Waals surface area contributed by atoms with Crippen LogP contribution >= 0.6 is 0 Å². The quantitative estimate of drug-likeness (QED) is 0.582. The van der Waals surface area contributed by atoms with Gasteiger partial charge in [-0.25, -0.2) is 14.8 Å². The molecular weight excluding hydrogens is 436 g/mol. The standard InChI is InChI=1S/C26H22N2O6/c1-15-3-9-19(10-4-15)28-22(16-7-13-20(33-2)14-8-16)21-23(34-28)25(30)27(24(21)29)18-11-5-17(6-12-18)26(31)32/h3-14,21-23H,1-2H3,(H,31,32)/t21-,22+,23+/m1/s1. The number of carbonyl (C=O) groups is 3. The van der Waals surface area contributed by atoms with Gasteiger partial charge in [-0.3, -0.25) is 14.4 Å². The molecular formula is C26H22N2O6. The molecule has 0 aromatic heterocycles. The van der Waals surface area contributed by atoms with Crippen LogP contribution in [0, 0.1) is 12.8 Å². The van der Waals surface area contributed by atoms with Crippen LogP contribution in [0.3, 0.4) is 0 Å². The molecule has 3 aromatic carbocycles. The zero-order valence-electron chi connectivity index (χ0n) is 18.5. The first-order chi connectivity index (χ1) is 16.4. The highest BCUT2D eigenvalue weighted by Gasteiger charge is 2.60. The number of rotatable bonds is 5. The van der Waals surface area contributed by atoms with Gasteiger partial charge in [0.2, 0.25) is 5.91 Å². The molecule has 8 heteroatoms. The lowest BCUT2D eigenvalue weighted by molar-refractivity contribution is -0.126. The molecule has 0 saturated carbocycles. The second kappa shape index (κ2) is 8.31. The molecule has 172 valence electrons. The first-order valence-corrected chi connectivity index (χ1v) is 10.8. The van der Waals surface area contributed by atoms with Gasteiger partial charge in [0.05, 0.1) is 30.1 Å². The summed E-state index contributed by atoms with van der Waals surface area (Å²) in [6, 6.07) is 20.1. The minimum Gasteiger partial charge on any atom is -0.497 e. The monoisotopic (exact) mass is 458 g/mol. The Morgan fingerprint density at radius 3 is 2.09 bits per heavy atom. The fourth-order valence-corrected chi connectivity index (χ4v) is 4.48. The van der Waals surface area contributed by atoms with E-state index in [1.807, 2.05) is 43.3 Å². The van der Waals surface area contributed by atoms with Crippen molar-refractivity contribution < 1.29 is 29.1 Å². The molecule has 0 bridgehead atoms. The van der Waals surface area contributed by atoms with Crippen molar-refractivity contribution in [1.29, 1.82) is 0 Å². The van der Waals surface area contributed by atoms with E-state index in [0.29, 0.717) is 11.4 Å². The van der Waals surface area contributed by atoms with Crippen LogP contribution < -0.4 is 14.7 Å². The van der Waals surface area contributed by atoms with Crippen LogP contribution in [0.15, 0.2) is 72.8 Å². The van der Waals surface area contributed by atoms with E-state index in [0.717, 1.165) is 21.7 Å². The minimum atomic E-state index is -1.08. The summed E-state index contributed by atoms with van der Waals surface area (Å²) in [5, 5.41) is 10.8. The molecule has 3 atom stereocenters. The van der Waals surface area contributed by atoms with Crippen molar-refractivity contribution in [2.24, 2.45) is 5.92 Å². The SMILES string of the molecule is COc1ccc([C@H]2[C@H]3C(=O)N(c4ccc(C(=O)O)cc4)C(=O)[C@H]3ON2c2ccc(C)cc2)cc1. The van der Waals surface area contributed by atoms with Crippen LogP contribution in [0.5, 0.6) is 5.75 Å². The molecule has 8 nitrogen and oxygen atoms in total. The van der Waals surface area contributed by atoms with Crippen molar-refractivity contribution >= 4 is 29.2 Å². The first kappa shape index (κ1) is 21.7. The number of aryl methyl sites for hydroxylation is 1. The summed E-state index contributed by atoms with van der Waals surface area (Å²) in [5.74, 6) is -2.06. The second-order valence-corrected chi connectivity index (χ2v) is 8.30. The van der Waals surface area contributed by atoms with Crippen molar-refractivity contribution in [2.75, 3.05) is 17.1 Å². The highest BCUT2D eigenvalue weighted by Crippen LogP contribution is 2.47. The van der Waals surface area contributed by atoms with E-state index >= 15 is 0 Å². The lowest BCUT2D eigenvalue weighted by Crippen LogP contribution is -2.37. The molecule has 2 fully saturated rings. The van der Waals surface area contributed by atoms with Crippen molar-refractivity contribution in [1.82, 2.24) is 0 Å². The molecule has 2 heterocycles. The van der Waals surface area contributed by atoms with Gasteiger partial charge < -0.3 is 9.84 Å². The Hall–Kier alpha value is -4.17. The summed E-state index contributed by atoms with van der Waals surface area (Å²) < 4.78 is 5.27. The number of hydrogen-bond acceptors (Lipinski definition) is 6. The maximum absolute atomic E-state index is 13.6. The number of nitrogens with zero attached hydrogens (tertiary/aromatic N) is 2. The first-order valence-electron chi connectivity index (χ1n) is 10.8. The summed E-state index contributed by atoms with van der Waals surface area (Å²) in [6.45, 7) is 1.98. The number of aromatic carboxylic acids is 1. The number of imide groups is 1. The zero-order valence-corrected chi connectivity index (χ0v) is 18.5. The van der Waals surface area contributed by atoms with Gasteiger partial charge in [0.15, 0.2) is 6.10 Å². The maximum atomic E-state index is 13.6. The van der Waals surface area contributed by atoms with Crippen LogP contribution in [0.1, 0.15) is 27.5 Å². The van der Waals surface area contributed by atoms with Gasteiger partial charge in [0.25, 0.3) is 5.91 Å². The molecule has 2 aliphatic heterocycles. The Morgan fingerprint density at radius 1 is 0.882 bits per heavy atom. The molecule has 2 amide bonds. The number of anilines is 2. The predicted octanol–water partition coefficient (Wildman–Crippen LogP) is 3.75. The van der Waals surface area contributed by atoms with E-state index < -0.39 is 35.8 Å². The van der Waals surface area contributed by atoms with E-state index in [1.165, 1.54) is 24.3 Å². The summed E-state index contributed by atoms with van der Waals surface area (Å²) in [6.07, 6.45) is -1.000. The van der Waals surface area contributed by atoms with Crippen LogP contribution in [-0.2, 0) is 14.4 Å². The number of ether oxygens (including phenoxy) is 1. The fourth-order valence-electron chi connectivity index (χ4n) is 4.48. The Morgan fingerprint density at radius 2 is 1.50 bits per heavy atom. The van der Waals surface area contributed by atoms with E-state index in [2.05, 4.69) is 0 Å². The van der Waals surface area contributed by atoms with Crippen molar-refractivity contribution in [3.8, 4) is 5.75 Å². The van der Waals surface area contributed by atoms with Gasteiger partial charge >= 0.3 is 5.97 Å². The average molecular weight is 458 g/mol. The smallest absolute Gasteiger partial charge is 0.335 e. The molecule has 2 aliphatic rings. The molecule has 0 spiro atoms. The molecule has 0 aliphatic carbocycles. The van der Waals surface area contributed by atoms with Crippen LogP contribution in [0.2, 0.25) is 0 Å². The third-order valence-corrected chi connectivity index (χ3v) is 6.23. The summed E-state index contributed by atoms with van der Waals surface area (Å²) >= 11 is 0. The Bertz CT molecular complexity index is 1250. The minimum absolute atomic E-state index is 0.0703. The number of carbonyl (C=O) groups excluding carboxylic acids is 2. The highest BCUT2D eigenvalue weighted by atomic mass is 16.7. The largest absolute Gasteiger partial charge is 0.497 e. The molecule has 0 unspecified atom stereocenters. The van der Waals surface area contributed by atoms with Gasteiger partial charge in [0.1, 0.15) is 11.7 Å². The highest BCUT2D eigenvalue weighted by molar-refractivity contribution is 6.24. The van der Waals surface area contributed by atoms with Gasteiger partial charge in [-0.05, 0) is 61.0 Å². The summed E-state index contributed by atoms with van der Waals surface area (Å²) in [7, 11) is 1.58. The Labute approximate surface area is 195 Å². The predicted molar refractivity (Wildman–Crippen MR) is 124 cm³/mol. The molecule has 34 heavy (non-hydrogen) atoms. The van der Waals surface area contributed by atoms with Crippen molar-refractivity contribution in [2.45, 2.75) is 19.1 Å². The van der Waals surface area contributed by atoms with E-state index in [4.69, 9.17) is 14.7 Å². The average Bonchev–Trinajstić information content (AvgIpc) is 3.35. The number of hydrogen-bond donors (Lipinski definition) is 1. The fraction of sp³-hybridized carbons (Fsp3) is 0.192. The maximum Gasteiger partial charge on any atom is 0.335 e. The lowest BCUT2D eigenvalue weighted by Gasteiger charge is -2.29. The topological polar surface area (TPSA) is 96.4 Å². The molecule has 0 radical (unpaired) electrons. The molecule has 5 rings (SSSR count). The number of amides is 2. The van der Waals surface area contributed by atoms with Gasteiger partial charge in [-0.1, -0.05) is 29.8 Å². The van der Waals surface area contributed by atoms with Crippen LogP contribution in [0.25, 0.3) is 0 Å². The molecule has 3 aromatic rings. The van der Waals surface area contributed by atoms with Crippen LogP contribution in [-0.4, -0.2) is 36.1 Å². The zero-order chi connectivity index (χ0) is 24.0. The van der Waals surface area contributed by atoms with Crippen molar-refractivity contribution in [3.63, 3.8) is 0 Å². The van der Waals surface area contributed by atoms with Gasteiger partial charge in [-0.2, -0.15) is 0 Å².